The first-order chi connectivity index (χ1) is 8.97. The highest BCUT2D eigenvalue weighted by Gasteiger charge is 2.24. The lowest BCUT2D eigenvalue weighted by Crippen LogP contribution is -2.32. The number of carboxylic acids is 1. The Bertz CT molecular complexity index is 483. The Morgan fingerprint density at radius 3 is 2.84 bits per heavy atom. The molecule has 6 nitrogen and oxygen atoms in total. The molecule has 6 heteroatoms. The van der Waals surface area contributed by atoms with Crippen molar-refractivity contribution in [3.63, 3.8) is 0 Å². The summed E-state index contributed by atoms with van der Waals surface area (Å²) in [4.78, 5) is 26.6. The van der Waals surface area contributed by atoms with Gasteiger partial charge in [0.1, 0.15) is 6.26 Å². The van der Waals surface area contributed by atoms with Gasteiger partial charge in [-0.15, -0.1) is 0 Å². The van der Waals surface area contributed by atoms with Crippen LogP contribution in [-0.4, -0.2) is 60.5 Å². The fraction of sp³-hybridized carbons (Fsp3) is 0.538. The van der Waals surface area contributed by atoms with Gasteiger partial charge in [0.05, 0.1) is 5.56 Å². The van der Waals surface area contributed by atoms with Gasteiger partial charge in [0.25, 0.3) is 5.91 Å². The van der Waals surface area contributed by atoms with Crippen LogP contribution >= 0.6 is 0 Å². The summed E-state index contributed by atoms with van der Waals surface area (Å²) < 4.78 is 5.01. The van der Waals surface area contributed by atoms with Crippen molar-refractivity contribution in [2.45, 2.75) is 6.42 Å². The molecule has 1 amide bonds. The minimum absolute atomic E-state index is 0.00245. The summed E-state index contributed by atoms with van der Waals surface area (Å²) in [6.45, 7) is 2.69. The zero-order chi connectivity index (χ0) is 14.0. The third kappa shape index (κ3) is 3.14. The number of carbonyl (C=O) groups is 2. The molecule has 0 spiro atoms. The Morgan fingerprint density at radius 2 is 2.32 bits per heavy atom. The highest BCUT2D eigenvalue weighted by molar-refractivity contribution is 5.95. The van der Waals surface area contributed by atoms with Crippen molar-refractivity contribution in [1.82, 2.24) is 9.80 Å². The standard InChI is InChI=1S/C13H18N2O4/c1-14-4-3-9(6-14)7-15(2)12(16)11-5-10(8-19-11)13(17)18/h5,8-9H,3-4,6-7H2,1-2H3,(H,17,18). The molecule has 1 fully saturated rings. The number of amides is 1. The lowest BCUT2D eigenvalue weighted by atomic mass is 10.1. The van der Waals surface area contributed by atoms with E-state index in [1.54, 1.807) is 11.9 Å². The van der Waals surface area contributed by atoms with E-state index in [2.05, 4.69) is 11.9 Å². The average molecular weight is 266 g/mol. The van der Waals surface area contributed by atoms with Crippen molar-refractivity contribution in [1.29, 1.82) is 0 Å². The van der Waals surface area contributed by atoms with Crippen molar-refractivity contribution in [2.75, 3.05) is 33.7 Å². The molecule has 0 aliphatic carbocycles. The number of carboxylic acid groups (broad SMARTS) is 1. The maximum absolute atomic E-state index is 12.1. The van der Waals surface area contributed by atoms with E-state index in [-0.39, 0.29) is 17.2 Å². The molecule has 0 aromatic carbocycles. The normalized spacial score (nSPS) is 19.6. The molecule has 0 saturated carbocycles. The molecule has 1 atom stereocenters. The van der Waals surface area contributed by atoms with Gasteiger partial charge in [-0.2, -0.15) is 0 Å². The second kappa shape index (κ2) is 5.44. The molecule has 1 aliphatic heterocycles. The maximum atomic E-state index is 12.1. The average Bonchev–Trinajstić information content (AvgIpc) is 2.97. The van der Waals surface area contributed by atoms with E-state index in [0.29, 0.717) is 12.5 Å². The van der Waals surface area contributed by atoms with Crippen LogP contribution in [0.2, 0.25) is 0 Å². The first kappa shape index (κ1) is 13.6. The molecule has 0 bridgehead atoms. The third-order valence-corrected chi connectivity index (χ3v) is 3.42. The highest BCUT2D eigenvalue weighted by atomic mass is 16.4. The Balaban J connectivity index is 1.96. The van der Waals surface area contributed by atoms with Crippen LogP contribution in [-0.2, 0) is 0 Å². The number of hydrogen-bond donors (Lipinski definition) is 1. The van der Waals surface area contributed by atoms with Gasteiger partial charge < -0.3 is 19.3 Å². The zero-order valence-electron chi connectivity index (χ0n) is 11.1. The van der Waals surface area contributed by atoms with Crippen molar-refractivity contribution in [2.24, 2.45) is 5.92 Å². The highest BCUT2D eigenvalue weighted by Crippen LogP contribution is 2.17. The van der Waals surface area contributed by atoms with E-state index < -0.39 is 5.97 Å². The molecular formula is C13H18N2O4. The summed E-state index contributed by atoms with van der Waals surface area (Å²) in [5, 5.41) is 8.79. The molecule has 2 rings (SSSR count). The molecule has 0 radical (unpaired) electrons. The number of nitrogens with zero attached hydrogens (tertiary/aromatic N) is 2. The van der Waals surface area contributed by atoms with Crippen LogP contribution in [0.15, 0.2) is 16.7 Å². The number of aromatic carboxylic acids is 1. The monoisotopic (exact) mass is 266 g/mol. The first-order valence-corrected chi connectivity index (χ1v) is 6.23. The van der Waals surface area contributed by atoms with Crippen LogP contribution in [0.1, 0.15) is 27.3 Å². The van der Waals surface area contributed by atoms with Crippen molar-refractivity contribution in [3.05, 3.63) is 23.7 Å². The largest absolute Gasteiger partial charge is 0.478 e. The topological polar surface area (TPSA) is 74.0 Å². The van der Waals surface area contributed by atoms with Gasteiger partial charge in [0, 0.05) is 26.2 Å². The second-order valence-corrected chi connectivity index (χ2v) is 5.11. The third-order valence-electron chi connectivity index (χ3n) is 3.42. The van der Waals surface area contributed by atoms with Gasteiger partial charge >= 0.3 is 5.97 Å². The van der Waals surface area contributed by atoms with E-state index in [4.69, 9.17) is 9.52 Å². The van der Waals surface area contributed by atoms with Gasteiger partial charge in [-0.3, -0.25) is 4.79 Å². The predicted octanol–water partition coefficient (Wildman–Crippen LogP) is 1.00. The van der Waals surface area contributed by atoms with Gasteiger partial charge in [0.2, 0.25) is 0 Å². The summed E-state index contributed by atoms with van der Waals surface area (Å²) >= 11 is 0. The summed E-state index contributed by atoms with van der Waals surface area (Å²) in [6.07, 6.45) is 2.17. The molecule has 1 aliphatic rings. The lowest BCUT2D eigenvalue weighted by molar-refractivity contribution is 0.0694. The van der Waals surface area contributed by atoms with E-state index in [0.717, 1.165) is 25.8 Å². The molecule has 2 heterocycles. The molecule has 1 aromatic rings. The predicted molar refractivity (Wildman–Crippen MR) is 68.2 cm³/mol. The number of hydrogen-bond acceptors (Lipinski definition) is 4. The smallest absolute Gasteiger partial charge is 0.338 e. The number of likely N-dealkylation sites (tertiary alicyclic amines) is 1. The van der Waals surface area contributed by atoms with Crippen molar-refractivity contribution in [3.8, 4) is 0 Å². The van der Waals surface area contributed by atoms with Gasteiger partial charge in [-0.1, -0.05) is 0 Å². The fourth-order valence-electron chi connectivity index (χ4n) is 2.39. The minimum Gasteiger partial charge on any atom is -0.478 e. The molecule has 1 N–H and O–H groups in total. The fourth-order valence-corrected chi connectivity index (χ4v) is 2.39. The molecule has 1 unspecified atom stereocenters. The number of furan rings is 1. The van der Waals surface area contributed by atoms with Crippen molar-refractivity contribution >= 4 is 11.9 Å². The summed E-state index contributed by atoms with van der Waals surface area (Å²) in [5.41, 5.74) is -0.00245. The van der Waals surface area contributed by atoms with E-state index >= 15 is 0 Å². The van der Waals surface area contributed by atoms with Crippen LogP contribution < -0.4 is 0 Å². The Labute approximate surface area is 111 Å². The molecule has 1 aromatic heterocycles. The van der Waals surface area contributed by atoms with E-state index in [9.17, 15) is 9.59 Å². The Morgan fingerprint density at radius 1 is 1.58 bits per heavy atom. The summed E-state index contributed by atoms with van der Waals surface area (Å²) in [6, 6.07) is 1.27. The van der Waals surface area contributed by atoms with Crippen LogP contribution in [0.25, 0.3) is 0 Å². The van der Waals surface area contributed by atoms with Gasteiger partial charge in [-0.05, 0) is 25.9 Å². The van der Waals surface area contributed by atoms with E-state index in [1.165, 1.54) is 6.07 Å². The van der Waals surface area contributed by atoms with Crippen molar-refractivity contribution < 1.29 is 19.1 Å². The first-order valence-electron chi connectivity index (χ1n) is 6.23. The quantitative estimate of drug-likeness (QED) is 0.880. The van der Waals surface area contributed by atoms with Gasteiger partial charge in [-0.25, -0.2) is 4.79 Å². The van der Waals surface area contributed by atoms with Crippen LogP contribution in [0, 0.1) is 5.92 Å². The summed E-state index contributed by atoms with van der Waals surface area (Å²) in [5.74, 6) is -0.830. The molecule has 104 valence electrons. The van der Waals surface area contributed by atoms with Crippen LogP contribution in [0.5, 0.6) is 0 Å². The van der Waals surface area contributed by atoms with Gasteiger partial charge in [0.15, 0.2) is 5.76 Å². The second-order valence-electron chi connectivity index (χ2n) is 5.11. The molecular weight excluding hydrogens is 248 g/mol. The minimum atomic E-state index is -1.09. The molecule has 1 saturated heterocycles. The summed E-state index contributed by atoms with van der Waals surface area (Å²) in [7, 11) is 3.77. The number of carbonyl (C=O) groups excluding carboxylic acids is 1. The SMILES string of the molecule is CN1CCC(CN(C)C(=O)c2cc(C(=O)O)co2)C1. The Kier molecular flexibility index (Phi) is 3.90. The van der Waals surface area contributed by atoms with E-state index in [1.807, 2.05) is 0 Å². The molecule has 19 heavy (non-hydrogen) atoms. The lowest BCUT2D eigenvalue weighted by Gasteiger charge is -2.20. The van der Waals surface area contributed by atoms with Crippen LogP contribution in [0.4, 0.5) is 0 Å². The Hall–Kier alpha value is -1.82. The maximum Gasteiger partial charge on any atom is 0.338 e. The number of rotatable bonds is 4. The zero-order valence-corrected chi connectivity index (χ0v) is 11.1. The van der Waals surface area contributed by atoms with Crippen LogP contribution in [0.3, 0.4) is 0 Å².